The molecule has 0 amide bonds. The number of ether oxygens (including phenoxy) is 3. The molecule has 2 N–H and O–H groups in total. The van der Waals surface area contributed by atoms with E-state index in [1.54, 1.807) is 20.5 Å². The summed E-state index contributed by atoms with van der Waals surface area (Å²) in [5.74, 6) is 2.98. The predicted molar refractivity (Wildman–Crippen MR) is 118 cm³/mol. The van der Waals surface area contributed by atoms with Crippen LogP contribution in [0.4, 0.5) is 5.69 Å². The van der Waals surface area contributed by atoms with Gasteiger partial charge in [-0.2, -0.15) is 0 Å². The molecule has 0 saturated heterocycles. The molecule has 1 heterocycles. The van der Waals surface area contributed by atoms with Gasteiger partial charge in [0.2, 0.25) is 0 Å². The lowest BCUT2D eigenvalue weighted by Gasteiger charge is -2.15. The number of rotatable bonds is 10. The fraction of sp³-hybridized carbons (Fsp3) is 0.421. The second-order valence-corrected chi connectivity index (χ2v) is 5.40. The van der Waals surface area contributed by atoms with Crippen molar-refractivity contribution in [3.63, 3.8) is 0 Å². The van der Waals surface area contributed by atoms with Crippen LogP contribution in [0.1, 0.15) is 12.7 Å². The van der Waals surface area contributed by atoms with Crippen LogP contribution in [-0.2, 0) is 11.2 Å². The Balaban J connectivity index is 0.00000364. The van der Waals surface area contributed by atoms with Crippen molar-refractivity contribution < 1.29 is 18.6 Å². The van der Waals surface area contributed by atoms with Crippen molar-refractivity contribution in [2.75, 3.05) is 45.8 Å². The van der Waals surface area contributed by atoms with E-state index in [-0.39, 0.29) is 24.0 Å². The summed E-state index contributed by atoms with van der Waals surface area (Å²) in [6.45, 7) is 4.31. The minimum Gasteiger partial charge on any atom is -0.493 e. The van der Waals surface area contributed by atoms with E-state index in [2.05, 4.69) is 15.6 Å². The SMILES string of the molecule is CCOc1cc(NC(=NCCOC)NCCc2ccco2)ccc1OC.I. The number of guanidine groups is 1. The van der Waals surface area contributed by atoms with E-state index >= 15 is 0 Å². The maximum absolute atomic E-state index is 5.62. The summed E-state index contributed by atoms with van der Waals surface area (Å²) in [5.41, 5.74) is 0.857. The van der Waals surface area contributed by atoms with Gasteiger partial charge in [0.15, 0.2) is 17.5 Å². The van der Waals surface area contributed by atoms with Crippen LogP contribution in [0.5, 0.6) is 11.5 Å². The Morgan fingerprint density at radius 2 is 2.04 bits per heavy atom. The largest absolute Gasteiger partial charge is 0.493 e. The third kappa shape index (κ3) is 8.08. The number of aliphatic imine (C=N–C) groups is 1. The Labute approximate surface area is 177 Å². The Bertz CT molecular complexity index is 678. The molecule has 27 heavy (non-hydrogen) atoms. The highest BCUT2D eigenvalue weighted by molar-refractivity contribution is 14.0. The van der Waals surface area contributed by atoms with Crippen molar-refractivity contribution in [3.8, 4) is 11.5 Å². The molecule has 7 nitrogen and oxygen atoms in total. The van der Waals surface area contributed by atoms with Crippen molar-refractivity contribution in [1.82, 2.24) is 5.32 Å². The molecule has 0 saturated carbocycles. The van der Waals surface area contributed by atoms with Gasteiger partial charge in [-0.05, 0) is 31.2 Å². The molecule has 2 rings (SSSR count). The van der Waals surface area contributed by atoms with Crippen molar-refractivity contribution in [2.24, 2.45) is 4.99 Å². The van der Waals surface area contributed by atoms with Gasteiger partial charge >= 0.3 is 0 Å². The first kappa shape index (κ1) is 23.1. The summed E-state index contributed by atoms with van der Waals surface area (Å²) in [5, 5.41) is 6.58. The average Bonchev–Trinajstić information content (AvgIpc) is 3.16. The molecule has 8 heteroatoms. The van der Waals surface area contributed by atoms with Crippen molar-refractivity contribution in [1.29, 1.82) is 0 Å². The van der Waals surface area contributed by atoms with Crippen LogP contribution < -0.4 is 20.1 Å². The minimum absolute atomic E-state index is 0. The number of hydrogen-bond acceptors (Lipinski definition) is 5. The van der Waals surface area contributed by atoms with E-state index in [1.165, 1.54) is 0 Å². The highest BCUT2D eigenvalue weighted by Crippen LogP contribution is 2.30. The first-order chi connectivity index (χ1) is 12.8. The summed E-state index contributed by atoms with van der Waals surface area (Å²) in [4.78, 5) is 4.51. The summed E-state index contributed by atoms with van der Waals surface area (Å²) >= 11 is 0. The third-order valence-corrected chi connectivity index (χ3v) is 3.54. The Hall–Kier alpha value is -1.94. The molecule has 0 spiro atoms. The molecule has 2 aromatic rings. The van der Waals surface area contributed by atoms with E-state index in [4.69, 9.17) is 18.6 Å². The van der Waals surface area contributed by atoms with Crippen LogP contribution in [-0.4, -0.2) is 46.5 Å². The second-order valence-electron chi connectivity index (χ2n) is 5.40. The first-order valence-corrected chi connectivity index (χ1v) is 8.64. The van der Waals surface area contributed by atoms with Gasteiger partial charge in [0.1, 0.15) is 5.76 Å². The molecule has 0 unspecified atom stereocenters. The Morgan fingerprint density at radius 3 is 2.70 bits per heavy atom. The van der Waals surface area contributed by atoms with Crippen molar-refractivity contribution >= 4 is 35.6 Å². The maximum Gasteiger partial charge on any atom is 0.195 e. The molecule has 0 aliphatic heterocycles. The minimum atomic E-state index is 0. The lowest BCUT2D eigenvalue weighted by molar-refractivity contribution is 0.208. The molecule has 0 atom stereocenters. The molecule has 1 aromatic carbocycles. The number of anilines is 1. The average molecular weight is 489 g/mol. The van der Waals surface area contributed by atoms with E-state index in [9.17, 15) is 0 Å². The van der Waals surface area contributed by atoms with Gasteiger partial charge in [0.05, 0.1) is 33.1 Å². The van der Waals surface area contributed by atoms with Crippen LogP contribution in [0.25, 0.3) is 0 Å². The van der Waals surface area contributed by atoms with Crippen LogP contribution >= 0.6 is 24.0 Å². The van der Waals surface area contributed by atoms with Crippen molar-refractivity contribution in [2.45, 2.75) is 13.3 Å². The zero-order valence-corrected chi connectivity index (χ0v) is 18.3. The zero-order chi connectivity index (χ0) is 18.6. The Kier molecular flexibility index (Phi) is 11.3. The highest BCUT2D eigenvalue weighted by atomic mass is 127. The van der Waals surface area contributed by atoms with Gasteiger partial charge in [-0.1, -0.05) is 0 Å². The quantitative estimate of drug-likeness (QED) is 0.230. The Morgan fingerprint density at radius 1 is 1.19 bits per heavy atom. The number of nitrogens with zero attached hydrogens (tertiary/aromatic N) is 1. The molecule has 1 aromatic heterocycles. The molecule has 0 fully saturated rings. The van der Waals surface area contributed by atoms with Crippen LogP contribution in [0.15, 0.2) is 46.0 Å². The maximum atomic E-state index is 5.62. The van der Waals surface area contributed by atoms with Gasteiger partial charge < -0.3 is 29.3 Å². The summed E-state index contributed by atoms with van der Waals surface area (Å²) in [6, 6.07) is 9.51. The van der Waals surface area contributed by atoms with E-state index in [0.717, 1.165) is 17.9 Å². The van der Waals surface area contributed by atoms with Gasteiger partial charge in [-0.15, -0.1) is 24.0 Å². The summed E-state index contributed by atoms with van der Waals surface area (Å²) in [6.07, 6.45) is 2.44. The summed E-state index contributed by atoms with van der Waals surface area (Å²) in [7, 11) is 3.28. The molecular weight excluding hydrogens is 461 g/mol. The number of halogens is 1. The predicted octanol–water partition coefficient (Wildman–Crippen LogP) is 3.55. The van der Waals surface area contributed by atoms with Crippen molar-refractivity contribution in [3.05, 3.63) is 42.4 Å². The van der Waals surface area contributed by atoms with E-state index < -0.39 is 0 Å². The molecular formula is C19H28IN3O4. The standard InChI is InChI=1S/C19H27N3O4.HI/c1-4-25-18-14-15(7-8-17(18)24-3)22-19(21-11-13-23-2)20-10-9-16-6-5-12-26-16;/h5-8,12,14H,4,9-11,13H2,1-3H3,(H2,20,21,22);1H. The third-order valence-electron chi connectivity index (χ3n) is 3.54. The number of benzene rings is 1. The topological polar surface area (TPSA) is 77.2 Å². The fourth-order valence-electron chi connectivity index (χ4n) is 2.31. The molecule has 0 aliphatic rings. The van der Waals surface area contributed by atoms with Gasteiger partial charge in [0, 0.05) is 31.8 Å². The fourth-order valence-corrected chi connectivity index (χ4v) is 2.31. The van der Waals surface area contributed by atoms with E-state index in [0.29, 0.717) is 43.8 Å². The first-order valence-electron chi connectivity index (χ1n) is 8.64. The van der Waals surface area contributed by atoms with Crippen LogP contribution in [0.3, 0.4) is 0 Å². The van der Waals surface area contributed by atoms with Gasteiger partial charge in [-0.3, -0.25) is 4.99 Å². The van der Waals surface area contributed by atoms with Crippen LogP contribution in [0, 0.1) is 0 Å². The monoisotopic (exact) mass is 489 g/mol. The van der Waals surface area contributed by atoms with Gasteiger partial charge in [0.25, 0.3) is 0 Å². The molecule has 0 bridgehead atoms. The number of nitrogens with one attached hydrogen (secondary N) is 2. The number of furan rings is 1. The lowest BCUT2D eigenvalue weighted by atomic mass is 10.2. The molecule has 0 aliphatic carbocycles. The number of hydrogen-bond donors (Lipinski definition) is 2. The smallest absolute Gasteiger partial charge is 0.195 e. The lowest BCUT2D eigenvalue weighted by Crippen LogP contribution is -2.33. The van der Waals surface area contributed by atoms with Crippen LogP contribution in [0.2, 0.25) is 0 Å². The highest BCUT2D eigenvalue weighted by Gasteiger charge is 2.07. The number of methoxy groups -OCH3 is 2. The molecule has 150 valence electrons. The zero-order valence-electron chi connectivity index (χ0n) is 16.0. The normalized spacial score (nSPS) is 10.9. The second kappa shape index (κ2) is 13.3. The van der Waals surface area contributed by atoms with E-state index in [1.807, 2.05) is 37.3 Å². The van der Waals surface area contributed by atoms with Gasteiger partial charge in [-0.25, -0.2) is 0 Å². The summed E-state index contributed by atoms with van der Waals surface area (Å²) < 4.78 is 21.4. The molecule has 0 radical (unpaired) electrons.